The molecule has 1 N–H and O–H groups in total. The fraction of sp³-hybridized carbons (Fsp3) is 0.400. The number of para-hydroxylation sites is 2. The lowest BCUT2D eigenvalue weighted by molar-refractivity contribution is 0.102. The lowest BCUT2D eigenvalue weighted by Gasteiger charge is -2.33. The summed E-state index contributed by atoms with van der Waals surface area (Å²) in [5, 5.41) is 2.89. The van der Waals surface area contributed by atoms with Gasteiger partial charge in [-0.2, -0.15) is 0 Å². The molecule has 2 aromatic rings. The molecule has 1 amide bonds. The smallest absolute Gasteiger partial charge is 0.274 e. The van der Waals surface area contributed by atoms with Gasteiger partial charge in [-0.15, -0.1) is 0 Å². The van der Waals surface area contributed by atoms with Crippen molar-refractivity contribution in [2.45, 2.75) is 20.0 Å². The average molecular weight is 354 g/mol. The van der Waals surface area contributed by atoms with Crippen molar-refractivity contribution in [3.8, 4) is 5.75 Å². The number of carbonyl (C=O) groups excluding carboxylic acids is 1. The summed E-state index contributed by atoms with van der Waals surface area (Å²) in [5.41, 5.74) is 2.09. The zero-order valence-electron chi connectivity index (χ0n) is 15.6. The van der Waals surface area contributed by atoms with Gasteiger partial charge in [0.15, 0.2) is 0 Å². The minimum absolute atomic E-state index is 0.0362. The van der Waals surface area contributed by atoms with Crippen molar-refractivity contribution in [3.63, 3.8) is 0 Å². The second-order valence-corrected chi connectivity index (χ2v) is 6.81. The highest BCUT2D eigenvalue weighted by molar-refractivity contribution is 6.03. The van der Waals surface area contributed by atoms with Crippen LogP contribution in [0.4, 0.5) is 11.4 Å². The van der Waals surface area contributed by atoms with Crippen LogP contribution in [0, 0.1) is 0 Å². The number of benzene rings is 1. The van der Waals surface area contributed by atoms with Crippen molar-refractivity contribution < 1.29 is 9.53 Å². The van der Waals surface area contributed by atoms with Crippen molar-refractivity contribution >= 4 is 17.3 Å². The normalized spacial score (nSPS) is 15.2. The molecule has 1 aliphatic heterocycles. The van der Waals surface area contributed by atoms with E-state index in [1.54, 1.807) is 12.3 Å². The first-order chi connectivity index (χ1) is 12.5. The molecule has 1 aromatic carbocycles. The lowest BCUT2D eigenvalue weighted by atomic mass is 10.2. The van der Waals surface area contributed by atoms with Crippen LogP contribution in [0.1, 0.15) is 24.3 Å². The first-order valence-electron chi connectivity index (χ1n) is 8.99. The summed E-state index contributed by atoms with van der Waals surface area (Å²) in [4.78, 5) is 21.5. The van der Waals surface area contributed by atoms with Crippen LogP contribution in [0.5, 0.6) is 5.75 Å². The van der Waals surface area contributed by atoms with E-state index < -0.39 is 0 Å². The third-order valence-electron chi connectivity index (χ3n) is 4.35. The number of ether oxygens (including phenoxy) is 1. The van der Waals surface area contributed by atoms with Gasteiger partial charge < -0.3 is 19.9 Å². The van der Waals surface area contributed by atoms with Crippen LogP contribution in [0.15, 0.2) is 42.6 Å². The fourth-order valence-electron chi connectivity index (χ4n) is 2.89. The molecule has 1 saturated heterocycles. The third kappa shape index (κ3) is 4.52. The highest BCUT2D eigenvalue weighted by Gasteiger charge is 2.16. The topological polar surface area (TPSA) is 57.7 Å². The number of carbonyl (C=O) groups is 1. The molecule has 1 aromatic heterocycles. The minimum atomic E-state index is -0.241. The number of amides is 1. The number of piperazine rings is 1. The second-order valence-electron chi connectivity index (χ2n) is 6.81. The van der Waals surface area contributed by atoms with Gasteiger partial charge in [0, 0.05) is 26.2 Å². The zero-order chi connectivity index (χ0) is 18.5. The molecular weight excluding hydrogens is 328 g/mol. The molecule has 2 heterocycles. The number of anilines is 2. The predicted octanol–water partition coefficient (Wildman–Crippen LogP) is 2.87. The number of nitrogens with one attached hydrogen (secondary N) is 1. The van der Waals surface area contributed by atoms with Crippen molar-refractivity contribution in [1.29, 1.82) is 0 Å². The molecule has 0 saturated carbocycles. The summed E-state index contributed by atoms with van der Waals surface area (Å²) in [6.45, 7) is 7.94. The quantitative estimate of drug-likeness (QED) is 0.895. The number of pyridine rings is 1. The van der Waals surface area contributed by atoms with E-state index in [9.17, 15) is 4.79 Å². The molecule has 138 valence electrons. The standard InChI is InChI=1S/C20H26N4O2/c1-15(2)26-19-7-5-4-6-17(19)22-20(25)18-9-8-16(14-21-18)24-12-10-23(3)11-13-24/h4-9,14-15H,10-13H2,1-3H3,(H,22,25). The fourth-order valence-corrected chi connectivity index (χ4v) is 2.89. The Morgan fingerprint density at radius 3 is 2.50 bits per heavy atom. The Kier molecular flexibility index (Phi) is 5.73. The number of hydrogen-bond acceptors (Lipinski definition) is 5. The van der Waals surface area contributed by atoms with Crippen LogP contribution in [0.2, 0.25) is 0 Å². The Balaban J connectivity index is 1.67. The van der Waals surface area contributed by atoms with Crippen LogP contribution in [-0.2, 0) is 0 Å². The van der Waals surface area contributed by atoms with Gasteiger partial charge in [0.25, 0.3) is 5.91 Å². The van der Waals surface area contributed by atoms with Crippen LogP contribution in [0.3, 0.4) is 0 Å². The SMILES string of the molecule is CC(C)Oc1ccccc1NC(=O)c1ccc(N2CCN(C)CC2)cn1. The molecule has 0 bridgehead atoms. The number of likely N-dealkylation sites (N-methyl/N-ethyl adjacent to an activating group) is 1. The Morgan fingerprint density at radius 1 is 1.12 bits per heavy atom. The van der Waals surface area contributed by atoms with E-state index in [2.05, 4.69) is 27.1 Å². The molecule has 0 unspecified atom stereocenters. The number of hydrogen-bond donors (Lipinski definition) is 1. The second kappa shape index (κ2) is 8.19. The van der Waals surface area contributed by atoms with Crippen molar-refractivity contribution in [1.82, 2.24) is 9.88 Å². The largest absolute Gasteiger partial charge is 0.489 e. The maximum Gasteiger partial charge on any atom is 0.274 e. The first-order valence-corrected chi connectivity index (χ1v) is 8.99. The molecule has 6 nitrogen and oxygen atoms in total. The molecule has 3 rings (SSSR count). The highest BCUT2D eigenvalue weighted by Crippen LogP contribution is 2.25. The maximum absolute atomic E-state index is 12.5. The number of nitrogens with zero attached hydrogens (tertiary/aromatic N) is 3. The van der Waals surface area contributed by atoms with E-state index in [1.807, 2.05) is 44.2 Å². The molecule has 0 atom stereocenters. The molecule has 6 heteroatoms. The molecule has 0 spiro atoms. The van der Waals surface area contributed by atoms with Crippen LogP contribution in [-0.4, -0.2) is 55.1 Å². The van der Waals surface area contributed by atoms with Gasteiger partial charge in [-0.3, -0.25) is 4.79 Å². The summed E-state index contributed by atoms with van der Waals surface area (Å²) >= 11 is 0. The van der Waals surface area contributed by atoms with Gasteiger partial charge in [-0.25, -0.2) is 4.98 Å². The Hall–Kier alpha value is -2.60. The minimum Gasteiger partial charge on any atom is -0.489 e. The summed E-state index contributed by atoms with van der Waals surface area (Å²) in [6, 6.07) is 11.2. The molecule has 0 radical (unpaired) electrons. The number of aromatic nitrogens is 1. The van der Waals surface area contributed by atoms with Crippen LogP contribution < -0.4 is 15.0 Å². The van der Waals surface area contributed by atoms with E-state index in [1.165, 1.54) is 0 Å². The highest BCUT2D eigenvalue weighted by atomic mass is 16.5. The van der Waals surface area contributed by atoms with Gasteiger partial charge in [0.1, 0.15) is 11.4 Å². The van der Waals surface area contributed by atoms with E-state index in [-0.39, 0.29) is 12.0 Å². The molecule has 0 aliphatic carbocycles. The van der Waals surface area contributed by atoms with Crippen molar-refractivity contribution in [2.24, 2.45) is 0 Å². The predicted molar refractivity (Wildman–Crippen MR) is 104 cm³/mol. The summed E-state index contributed by atoms with van der Waals surface area (Å²) < 4.78 is 5.74. The molecule has 1 fully saturated rings. The van der Waals surface area contributed by atoms with Gasteiger partial charge in [0.05, 0.1) is 23.7 Å². The van der Waals surface area contributed by atoms with Gasteiger partial charge in [-0.05, 0) is 45.2 Å². The Bertz CT molecular complexity index is 738. The van der Waals surface area contributed by atoms with Gasteiger partial charge in [0.2, 0.25) is 0 Å². The first kappa shape index (κ1) is 18.2. The Morgan fingerprint density at radius 2 is 1.85 bits per heavy atom. The maximum atomic E-state index is 12.5. The van der Waals surface area contributed by atoms with Gasteiger partial charge in [-0.1, -0.05) is 12.1 Å². The van der Waals surface area contributed by atoms with Crippen molar-refractivity contribution in [3.05, 3.63) is 48.3 Å². The lowest BCUT2D eigenvalue weighted by Crippen LogP contribution is -2.44. The summed E-state index contributed by atoms with van der Waals surface area (Å²) in [5.74, 6) is 0.416. The van der Waals surface area contributed by atoms with Crippen LogP contribution >= 0.6 is 0 Å². The van der Waals surface area contributed by atoms with E-state index in [0.717, 1.165) is 31.9 Å². The van der Waals surface area contributed by atoms with Crippen molar-refractivity contribution in [2.75, 3.05) is 43.4 Å². The van der Waals surface area contributed by atoms with E-state index in [4.69, 9.17) is 4.74 Å². The van der Waals surface area contributed by atoms with E-state index >= 15 is 0 Å². The van der Waals surface area contributed by atoms with E-state index in [0.29, 0.717) is 17.1 Å². The third-order valence-corrected chi connectivity index (χ3v) is 4.35. The molecule has 1 aliphatic rings. The monoisotopic (exact) mass is 354 g/mol. The summed E-state index contributed by atoms with van der Waals surface area (Å²) in [7, 11) is 2.13. The average Bonchev–Trinajstić information content (AvgIpc) is 2.64. The molecular formula is C20H26N4O2. The zero-order valence-corrected chi connectivity index (χ0v) is 15.6. The number of rotatable bonds is 5. The van der Waals surface area contributed by atoms with Gasteiger partial charge >= 0.3 is 0 Å². The van der Waals surface area contributed by atoms with Crippen LogP contribution in [0.25, 0.3) is 0 Å². The summed E-state index contributed by atoms with van der Waals surface area (Å²) in [6.07, 6.45) is 1.81. The molecule has 26 heavy (non-hydrogen) atoms. The Labute approximate surface area is 154 Å².